The molecule has 1 atom stereocenters. The highest BCUT2D eigenvalue weighted by molar-refractivity contribution is 5.80. The number of rotatable bonds is 8. The average molecular weight is 307 g/mol. The summed E-state index contributed by atoms with van der Waals surface area (Å²) in [5.74, 6) is 0.904. The van der Waals surface area contributed by atoms with Gasteiger partial charge in [0, 0.05) is 0 Å². The van der Waals surface area contributed by atoms with Gasteiger partial charge in [-0.05, 0) is 31.4 Å². The van der Waals surface area contributed by atoms with Crippen LogP contribution >= 0.6 is 0 Å². The van der Waals surface area contributed by atoms with E-state index < -0.39 is 0 Å². The summed E-state index contributed by atoms with van der Waals surface area (Å²) in [6.07, 6.45) is 0.800. The highest BCUT2D eigenvalue weighted by atomic mass is 16.6. The average Bonchev–Trinajstić information content (AvgIpc) is 2.43. The molecule has 0 amide bonds. The van der Waals surface area contributed by atoms with E-state index in [1.807, 2.05) is 31.2 Å². The van der Waals surface area contributed by atoms with E-state index in [4.69, 9.17) is 14.2 Å². The van der Waals surface area contributed by atoms with Crippen molar-refractivity contribution in [2.75, 3.05) is 25.1 Å². The molecule has 0 aliphatic carbocycles. The number of anilines is 1. The lowest BCUT2D eigenvalue weighted by atomic mass is 10.0. The van der Waals surface area contributed by atoms with Crippen molar-refractivity contribution in [3.05, 3.63) is 24.3 Å². The summed E-state index contributed by atoms with van der Waals surface area (Å²) in [6.45, 7) is 7.60. The van der Waals surface area contributed by atoms with E-state index in [0.717, 1.165) is 11.4 Å². The Labute approximate surface area is 131 Å². The predicted octanol–water partition coefficient (Wildman–Crippen LogP) is 2.85. The fourth-order valence-electron chi connectivity index (χ4n) is 2.27. The van der Waals surface area contributed by atoms with Crippen LogP contribution in [0.5, 0.6) is 5.75 Å². The molecule has 1 aliphatic rings. The maximum Gasteiger partial charge on any atom is 0.328 e. The van der Waals surface area contributed by atoms with E-state index in [1.54, 1.807) is 0 Å². The van der Waals surface area contributed by atoms with Crippen LogP contribution < -0.4 is 10.1 Å². The molecular weight excluding hydrogens is 282 g/mol. The summed E-state index contributed by atoms with van der Waals surface area (Å²) >= 11 is 0. The third kappa shape index (κ3) is 4.63. The van der Waals surface area contributed by atoms with Crippen LogP contribution in [-0.4, -0.2) is 37.9 Å². The van der Waals surface area contributed by atoms with Crippen molar-refractivity contribution >= 4 is 11.7 Å². The highest BCUT2D eigenvalue weighted by Gasteiger charge is 2.24. The zero-order valence-corrected chi connectivity index (χ0v) is 13.5. The van der Waals surface area contributed by atoms with Gasteiger partial charge in [0.15, 0.2) is 0 Å². The van der Waals surface area contributed by atoms with Gasteiger partial charge in [-0.1, -0.05) is 26.0 Å². The summed E-state index contributed by atoms with van der Waals surface area (Å²) in [6, 6.07) is 7.29. The van der Waals surface area contributed by atoms with Crippen LogP contribution in [0.1, 0.15) is 27.2 Å². The molecule has 1 heterocycles. The molecule has 1 aliphatic heterocycles. The van der Waals surface area contributed by atoms with Crippen LogP contribution in [-0.2, 0) is 14.3 Å². The number of carbonyl (C=O) groups is 1. The third-order valence-electron chi connectivity index (χ3n) is 3.40. The van der Waals surface area contributed by atoms with Crippen molar-refractivity contribution in [2.45, 2.75) is 39.3 Å². The van der Waals surface area contributed by atoms with Crippen LogP contribution in [0, 0.1) is 5.92 Å². The quantitative estimate of drug-likeness (QED) is 0.748. The van der Waals surface area contributed by atoms with Crippen molar-refractivity contribution in [3.63, 3.8) is 0 Å². The molecule has 0 bridgehead atoms. The number of benzene rings is 1. The van der Waals surface area contributed by atoms with E-state index in [-0.39, 0.29) is 18.1 Å². The molecule has 1 fully saturated rings. The molecule has 122 valence electrons. The summed E-state index contributed by atoms with van der Waals surface area (Å²) in [5.41, 5.74) is 0.813. The number of para-hydroxylation sites is 2. The summed E-state index contributed by atoms with van der Waals surface area (Å²) in [5, 5.41) is 3.28. The number of hydrogen-bond donors (Lipinski definition) is 1. The van der Waals surface area contributed by atoms with Gasteiger partial charge in [0.05, 0.1) is 25.5 Å². The van der Waals surface area contributed by atoms with Crippen LogP contribution in [0.4, 0.5) is 5.69 Å². The van der Waals surface area contributed by atoms with Crippen LogP contribution in [0.15, 0.2) is 24.3 Å². The Morgan fingerprint density at radius 1 is 1.36 bits per heavy atom. The predicted molar refractivity (Wildman–Crippen MR) is 85.2 cm³/mol. The monoisotopic (exact) mass is 307 g/mol. The first-order valence-corrected chi connectivity index (χ1v) is 7.86. The van der Waals surface area contributed by atoms with Gasteiger partial charge in [0.25, 0.3) is 0 Å². The number of ether oxygens (including phenoxy) is 3. The smallest absolute Gasteiger partial charge is 0.328 e. The van der Waals surface area contributed by atoms with E-state index in [9.17, 15) is 4.79 Å². The minimum Gasteiger partial charge on any atom is -0.483 e. The number of nitrogens with one attached hydrogen (secondary N) is 1. The van der Waals surface area contributed by atoms with Gasteiger partial charge in [-0.2, -0.15) is 0 Å². The topological polar surface area (TPSA) is 56.8 Å². The molecule has 0 aromatic heterocycles. The van der Waals surface area contributed by atoms with Gasteiger partial charge in [-0.25, -0.2) is 4.79 Å². The van der Waals surface area contributed by atoms with Crippen molar-refractivity contribution in [1.29, 1.82) is 0 Å². The Hall–Kier alpha value is -1.75. The van der Waals surface area contributed by atoms with Crippen molar-refractivity contribution in [1.82, 2.24) is 0 Å². The second kappa shape index (κ2) is 8.03. The lowest BCUT2D eigenvalue weighted by Crippen LogP contribution is -2.39. The molecule has 2 rings (SSSR count). The highest BCUT2D eigenvalue weighted by Crippen LogP contribution is 2.28. The Morgan fingerprint density at radius 3 is 2.68 bits per heavy atom. The normalized spacial score (nSPS) is 16.0. The fraction of sp³-hybridized carbons (Fsp3) is 0.588. The molecule has 5 heteroatoms. The van der Waals surface area contributed by atoms with Crippen molar-refractivity contribution in [2.24, 2.45) is 5.92 Å². The Balaban J connectivity index is 2.08. The van der Waals surface area contributed by atoms with Crippen LogP contribution in [0.2, 0.25) is 0 Å². The molecule has 22 heavy (non-hydrogen) atoms. The third-order valence-corrected chi connectivity index (χ3v) is 3.40. The van der Waals surface area contributed by atoms with Gasteiger partial charge < -0.3 is 19.5 Å². The van der Waals surface area contributed by atoms with Crippen LogP contribution in [0.25, 0.3) is 0 Å². The van der Waals surface area contributed by atoms with E-state index in [2.05, 4.69) is 19.2 Å². The summed E-state index contributed by atoms with van der Waals surface area (Å²) in [4.78, 5) is 12.1. The van der Waals surface area contributed by atoms with Gasteiger partial charge in [0.1, 0.15) is 17.9 Å². The number of carbonyl (C=O) groups excluding carboxylic acids is 1. The van der Waals surface area contributed by atoms with E-state index in [1.165, 1.54) is 0 Å². The molecule has 5 nitrogen and oxygen atoms in total. The fourth-order valence-corrected chi connectivity index (χ4v) is 2.27. The molecule has 1 N–H and O–H groups in total. The van der Waals surface area contributed by atoms with Crippen LogP contribution in [0.3, 0.4) is 0 Å². The minimum absolute atomic E-state index is 0.0918. The Kier molecular flexibility index (Phi) is 6.07. The van der Waals surface area contributed by atoms with Crippen molar-refractivity contribution < 1.29 is 19.0 Å². The Bertz CT molecular complexity index is 485. The standard InChI is InChI=1S/C17H25NO4/c1-4-21-17(19)15(9-12(2)3)18-14-7-5-6-8-16(14)22-13-10-20-11-13/h5-8,12-13,15,18H,4,9-11H2,1-3H3. The lowest BCUT2D eigenvalue weighted by molar-refractivity contribution is -0.144. The first kappa shape index (κ1) is 16.6. The zero-order chi connectivity index (χ0) is 15.9. The van der Waals surface area contributed by atoms with E-state index in [0.29, 0.717) is 32.2 Å². The van der Waals surface area contributed by atoms with Gasteiger partial charge in [-0.3, -0.25) is 0 Å². The first-order valence-electron chi connectivity index (χ1n) is 7.86. The largest absolute Gasteiger partial charge is 0.483 e. The maximum atomic E-state index is 12.1. The molecule has 1 saturated heterocycles. The zero-order valence-electron chi connectivity index (χ0n) is 13.5. The van der Waals surface area contributed by atoms with Gasteiger partial charge in [-0.15, -0.1) is 0 Å². The lowest BCUT2D eigenvalue weighted by Gasteiger charge is -2.28. The van der Waals surface area contributed by atoms with Gasteiger partial charge in [0.2, 0.25) is 0 Å². The molecule has 1 aromatic rings. The Morgan fingerprint density at radius 2 is 2.09 bits per heavy atom. The molecule has 0 saturated carbocycles. The number of hydrogen-bond acceptors (Lipinski definition) is 5. The van der Waals surface area contributed by atoms with Gasteiger partial charge >= 0.3 is 5.97 Å². The van der Waals surface area contributed by atoms with E-state index >= 15 is 0 Å². The second-order valence-corrected chi connectivity index (χ2v) is 5.85. The second-order valence-electron chi connectivity index (χ2n) is 5.85. The molecule has 1 unspecified atom stereocenters. The molecule has 0 radical (unpaired) electrons. The minimum atomic E-state index is -0.373. The molecule has 0 spiro atoms. The summed E-state index contributed by atoms with van der Waals surface area (Å²) < 4.78 is 16.2. The maximum absolute atomic E-state index is 12.1. The van der Waals surface area contributed by atoms with Crippen molar-refractivity contribution in [3.8, 4) is 5.75 Å². The first-order chi connectivity index (χ1) is 10.6. The SMILES string of the molecule is CCOC(=O)C(CC(C)C)Nc1ccccc1OC1COC1. The molecule has 1 aromatic carbocycles. The molecular formula is C17H25NO4. The number of esters is 1. The summed E-state index contributed by atoms with van der Waals surface area (Å²) in [7, 11) is 0.